The highest BCUT2D eigenvalue weighted by molar-refractivity contribution is 9.11. The summed E-state index contributed by atoms with van der Waals surface area (Å²) in [6, 6.07) is 38.2. The maximum atomic E-state index is 4.85. The van der Waals surface area contributed by atoms with Crippen LogP contribution in [0.2, 0.25) is 0 Å². The second-order valence-electron chi connectivity index (χ2n) is 7.27. The molecule has 0 aromatic heterocycles. The third-order valence-electron chi connectivity index (χ3n) is 4.07. The summed E-state index contributed by atoms with van der Waals surface area (Å²) in [7, 11) is 0. The van der Waals surface area contributed by atoms with Crippen LogP contribution in [0.25, 0.3) is 0 Å². The summed E-state index contributed by atoms with van der Waals surface area (Å²) in [5, 5.41) is 0. The lowest BCUT2D eigenvalue weighted by Gasteiger charge is -1.86. The summed E-state index contributed by atoms with van der Waals surface area (Å²) in [6.45, 7) is 0. The van der Waals surface area contributed by atoms with Crippen LogP contribution >= 0.6 is 143 Å². The van der Waals surface area contributed by atoms with Crippen LogP contribution in [0.15, 0.2) is 168 Å². The van der Waals surface area contributed by atoms with Gasteiger partial charge in [0.25, 0.3) is 0 Å². The molecule has 0 fully saturated rings. The van der Waals surface area contributed by atoms with Crippen molar-refractivity contribution in [1.29, 1.82) is 0 Å². The molecule has 5 radical (unpaired) electrons. The molecule has 0 atom stereocenters. The van der Waals surface area contributed by atoms with E-state index in [0.717, 1.165) is 46.8 Å². The maximum absolute atomic E-state index is 4.85. The molecule has 0 bridgehead atoms. The van der Waals surface area contributed by atoms with Crippen LogP contribution in [0.3, 0.4) is 0 Å². The smallest absolute Gasteiger partial charge is 0.0377 e. The first-order valence-corrected chi connectivity index (χ1v) is 17.1. The fraction of sp³-hybridized carbons (Fsp3) is 0. The van der Waals surface area contributed by atoms with E-state index in [-0.39, 0.29) is 23.5 Å². The lowest BCUT2D eigenvalue weighted by atomic mass is 10.4. The minimum Gasteiger partial charge on any atom is -0.269 e. The molecule has 5 aromatic carbocycles. The molecular formula is C30H25Br5F5S5. The van der Waals surface area contributed by atoms with Crippen LogP contribution in [-0.4, -0.2) is 0 Å². The van der Waals surface area contributed by atoms with Crippen LogP contribution in [0.4, 0.5) is 23.5 Å². The predicted octanol–water partition coefficient (Wildman–Crippen LogP) is 15.8. The van der Waals surface area contributed by atoms with Gasteiger partial charge in [-0.25, -0.2) is 0 Å². The van der Waals surface area contributed by atoms with Crippen molar-refractivity contribution < 1.29 is 23.5 Å². The lowest BCUT2D eigenvalue weighted by molar-refractivity contribution is 1.11. The Balaban J connectivity index is -0.000000144. The van der Waals surface area contributed by atoms with Crippen molar-refractivity contribution in [2.45, 2.75) is 24.5 Å². The first-order valence-electron chi connectivity index (χ1n) is 11.1. The minimum atomic E-state index is 0. The molecular weight excluding hydrogens is 1020 g/mol. The maximum Gasteiger partial charge on any atom is 0.0377 e. The second-order valence-corrected chi connectivity index (χ2v) is 14.2. The molecule has 0 spiro atoms. The van der Waals surface area contributed by atoms with E-state index in [1.54, 1.807) is 0 Å². The highest BCUT2D eigenvalue weighted by Crippen LogP contribution is 2.15. The molecule has 0 saturated carbocycles. The van der Waals surface area contributed by atoms with Gasteiger partial charge in [-0.3, -0.25) is 23.5 Å². The van der Waals surface area contributed by atoms with Crippen molar-refractivity contribution in [2.24, 2.45) is 0 Å². The molecule has 0 saturated heterocycles. The third-order valence-corrected chi connectivity index (χ3v) is 8.07. The molecule has 0 unspecified atom stereocenters. The van der Waals surface area contributed by atoms with Crippen molar-refractivity contribution in [3.05, 3.63) is 144 Å². The number of benzene rings is 5. The van der Waals surface area contributed by atoms with E-state index in [4.69, 9.17) is 63.1 Å². The van der Waals surface area contributed by atoms with Crippen LogP contribution < -0.4 is 0 Å². The van der Waals surface area contributed by atoms with Crippen molar-refractivity contribution in [3.8, 4) is 0 Å². The Morgan fingerprint density at radius 3 is 0.378 bits per heavy atom. The lowest BCUT2D eigenvalue weighted by Crippen LogP contribution is -1.62. The minimum absolute atomic E-state index is 0. The standard InChI is InChI=1S/5C6H4BrS.5FH/c5*7-5-1-3-6(8)4-2-5;;;;;/h5*1-4H;5*1H. The normalized spacial score (nSPS) is 8.11. The third kappa shape index (κ3) is 30.3. The number of hydrogen-bond acceptors (Lipinski definition) is 0. The Morgan fingerprint density at radius 1 is 0.222 bits per heavy atom. The van der Waals surface area contributed by atoms with E-state index >= 15 is 0 Å². The van der Waals surface area contributed by atoms with Gasteiger partial charge in [-0.15, -0.1) is 0 Å². The van der Waals surface area contributed by atoms with Crippen molar-refractivity contribution >= 4 is 143 Å². The SMILES string of the molecule is F.F.F.F.F.[S]c1ccc(Br)cc1.[S]c1ccc(Br)cc1.[S]c1ccc(Br)cc1.[S]c1ccc(Br)cc1.[S]c1ccc(Br)cc1. The van der Waals surface area contributed by atoms with E-state index in [1.807, 2.05) is 121 Å². The highest BCUT2D eigenvalue weighted by Gasteiger charge is 1.86. The number of halogens is 10. The largest absolute Gasteiger partial charge is 0.269 e. The van der Waals surface area contributed by atoms with Gasteiger partial charge in [0.05, 0.1) is 0 Å². The van der Waals surface area contributed by atoms with E-state index in [0.29, 0.717) is 0 Å². The molecule has 5 aromatic rings. The predicted molar refractivity (Wildman–Crippen MR) is 213 cm³/mol. The zero-order valence-electron chi connectivity index (χ0n) is 22.5. The van der Waals surface area contributed by atoms with Gasteiger partial charge in [-0.05, 0) is 121 Å². The summed E-state index contributed by atoms with van der Waals surface area (Å²) in [6.07, 6.45) is 0. The molecule has 15 heteroatoms. The molecule has 245 valence electrons. The van der Waals surface area contributed by atoms with Crippen molar-refractivity contribution in [1.82, 2.24) is 0 Å². The molecule has 0 aliphatic carbocycles. The van der Waals surface area contributed by atoms with E-state index in [2.05, 4.69) is 79.6 Å². The zero-order valence-corrected chi connectivity index (χ0v) is 34.5. The molecule has 5 rings (SSSR count). The summed E-state index contributed by atoms with van der Waals surface area (Å²) < 4.78 is 5.38. The Kier molecular flexibility index (Phi) is 38.0. The van der Waals surface area contributed by atoms with Gasteiger partial charge in [0.1, 0.15) is 0 Å². The molecule has 0 N–H and O–H groups in total. The van der Waals surface area contributed by atoms with Gasteiger partial charge < -0.3 is 0 Å². The second kappa shape index (κ2) is 31.8. The molecule has 0 nitrogen and oxygen atoms in total. The fourth-order valence-electron chi connectivity index (χ4n) is 2.17. The van der Waals surface area contributed by atoms with Crippen LogP contribution in [0, 0.1) is 0 Å². The quantitative estimate of drug-likeness (QED) is 0.136. The monoisotopic (exact) mass is 1030 g/mol. The number of hydrogen-bond donors (Lipinski definition) is 0. The Morgan fingerprint density at radius 2 is 0.311 bits per heavy atom. The topological polar surface area (TPSA) is 0 Å². The van der Waals surface area contributed by atoms with Crippen molar-refractivity contribution in [3.63, 3.8) is 0 Å². The summed E-state index contributed by atoms with van der Waals surface area (Å²) in [5.41, 5.74) is 0. The Bertz CT molecular complexity index is 1010. The van der Waals surface area contributed by atoms with E-state index in [9.17, 15) is 0 Å². The van der Waals surface area contributed by atoms with E-state index < -0.39 is 0 Å². The van der Waals surface area contributed by atoms with Gasteiger partial charge in [0.2, 0.25) is 0 Å². The zero-order chi connectivity index (χ0) is 29.9. The van der Waals surface area contributed by atoms with Gasteiger partial charge in [0, 0.05) is 46.8 Å². The molecule has 0 amide bonds. The highest BCUT2D eigenvalue weighted by atomic mass is 79.9. The van der Waals surface area contributed by atoms with Crippen LogP contribution in [0.5, 0.6) is 0 Å². The van der Waals surface area contributed by atoms with Crippen LogP contribution in [0.1, 0.15) is 0 Å². The molecule has 0 aliphatic rings. The van der Waals surface area contributed by atoms with Gasteiger partial charge >= 0.3 is 0 Å². The van der Waals surface area contributed by atoms with Gasteiger partial charge in [0.15, 0.2) is 0 Å². The molecule has 0 heterocycles. The summed E-state index contributed by atoms with van der Waals surface area (Å²) in [4.78, 5) is 4.41. The average Bonchev–Trinajstić information content (AvgIpc) is 2.94. The van der Waals surface area contributed by atoms with Gasteiger partial charge in [-0.1, -0.05) is 143 Å². The molecule has 45 heavy (non-hydrogen) atoms. The Labute approximate surface area is 330 Å². The fourth-order valence-corrected chi connectivity index (χ4v) is 4.18. The average molecular weight is 1040 g/mol. The number of rotatable bonds is 0. The van der Waals surface area contributed by atoms with Crippen molar-refractivity contribution in [2.75, 3.05) is 0 Å². The summed E-state index contributed by atoms with van der Waals surface area (Å²) in [5.74, 6) is 0. The summed E-state index contributed by atoms with van der Waals surface area (Å²) >= 11 is 40.7. The van der Waals surface area contributed by atoms with Crippen LogP contribution in [-0.2, 0) is 0 Å². The first-order chi connectivity index (χ1) is 18.9. The van der Waals surface area contributed by atoms with E-state index in [1.165, 1.54) is 0 Å². The van der Waals surface area contributed by atoms with Gasteiger partial charge in [-0.2, -0.15) is 0 Å². The Hall–Kier alpha value is -0.750. The molecule has 0 aliphatic heterocycles. The first kappa shape index (κ1) is 53.7.